The van der Waals surface area contributed by atoms with Gasteiger partial charge in [0.25, 0.3) is 0 Å². The summed E-state index contributed by atoms with van der Waals surface area (Å²) in [7, 11) is 3.12. The number of nitrogens with one attached hydrogen (secondary N) is 1. The molecule has 0 atom stereocenters. The molecule has 0 spiro atoms. The summed E-state index contributed by atoms with van der Waals surface area (Å²) >= 11 is 1.70. The largest absolute Gasteiger partial charge is 0.435 e. The normalized spacial score (nSPS) is 15.7. The van der Waals surface area contributed by atoms with Gasteiger partial charge in [-0.15, -0.1) is 35.3 Å². The second-order valence-electron chi connectivity index (χ2n) is 6.00. The zero-order valence-electron chi connectivity index (χ0n) is 15.0. The van der Waals surface area contributed by atoms with E-state index in [1.807, 2.05) is 11.4 Å². The highest BCUT2D eigenvalue weighted by atomic mass is 127. The van der Waals surface area contributed by atoms with E-state index in [0.717, 1.165) is 26.2 Å². The molecule has 0 saturated carbocycles. The first kappa shape index (κ1) is 21.8. The molecule has 1 saturated heterocycles. The molecule has 2 aromatic rings. The molecule has 1 N–H and O–H groups in total. The van der Waals surface area contributed by atoms with Gasteiger partial charge in [-0.1, -0.05) is 0 Å². The molecule has 0 unspecified atom stereocenters. The van der Waals surface area contributed by atoms with Crippen LogP contribution in [0.25, 0.3) is 0 Å². The number of nitrogens with zero attached hydrogens (tertiary/aromatic N) is 5. The number of aliphatic imine (C=N–C) groups is 1. The van der Waals surface area contributed by atoms with Crippen LogP contribution in [0.5, 0.6) is 0 Å². The fraction of sp³-hybridized carbons (Fsp3) is 0.500. The monoisotopic (exact) mass is 514 g/mol. The first-order valence-electron chi connectivity index (χ1n) is 8.22. The molecule has 1 fully saturated rings. The van der Waals surface area contributed by atoms with Crippen molar-refractivity contribution in [2.75, 3.05) is 38.1 Å². The Hall–Kier alpha value is -1.50. The lowest BCUT2D eigenvalue weighted by Crippen LogP contribution is -2.52. The Kier molecular flexibility index (Phi) is 7.37. The van der Waals surface area contributed by atoms with Crippen molar-refractivity contribution in [1.29, 1.82) is 0 Å². The van der Waals surface area contributed by atoms with Gasteiger partial charge < -0.3 is 15.1 Å². The lowest BCUT2D eigenvalue weighted by molar-refractivity contribution is -0.142. The quantitative estimate of drug-likeness (QED) is 0.389. The lowest BCUT2D eigenvalue weighted by atomic mass is 10.2. The van der Waals surface area contributed by atoms with Crippen molar-refractivity contribution in [3.05, 3.63) is 35.0 Å². The zero-order chi connectivity index (χ0) is 18.7. The van der Waals surface area contributed by atoms with Gasteiger partial charge in [-0.3, -0.25) is 9.67 Å². The molecular weight excluding hydrogens is 492 g/mol. The number of aryl methyl sites for hydroxylation is 1. The lowest BCUT2D eigenvalue weighted by Gasteiger charge is -2.37. The summed E-state index contributed by atoms with van der Waals surface area (Å²) in [5.74, 6) is 0.604. The molecule has 2 aromatic heterocycles. The van der Waals surface area contributed by atoms with E-state index < -0.39 is 11.9 Å². The number of anilines is 1. The molecule has 3 heterocycles. The summed E-state index contributed by atoms with van der Waals surface area (Å²) in [4.78, 5) is 8.59. The predicted molar refractivity (Wildman–Crippen MR) is 112 cm³/mol. The molecule has 0 bridgehead atoms. The Bertz CT molecular complexity index is 751. The molecule has 0 aromatic carbocycles. The van der Waals surface area contributed by atoms with Crippen LogP contribution in [0.3, 0.4) is 0 Å². The Labute approximate surface area is 177 Å². The standard InChI is InChI=1S/C16H21F3N6S.HI/c1-20-15(21-10-12-11-23(2)22-14(12)16(17,18)19)25-7-5-24(6-8-25)13-4-3-9-26-13;/h3-4,9,11H,5-8,10H2,1-2H3,(H,20,21);1H. The van der Waals surface area contributed by atoms with E-state index in [2.05, 4.69) is 31.3 Å². The van der Waals surface area contributed by atoms with Crippen LogP contribution in [-0.4, -0.2) is 53.9 Å². The van der Waals surface area contributed by atoms with E-state index in [0.29, 0.717) is 5.96 Å². The third-order valence-electron chi connectivity index (χ3n) is 4.22. The molecule has 0 aliphatic carbocycles. The third kappa shape index (κ3) is 5.27. The minimum atomic E-state index is -4.46. The predicted octanol–water partition coefficient (Wildman–Crippen LogP) is 3.02. The highest BCUT2D eigenvalue weighted by Crippen LogP contribution is 2.30. The number of guanidine groups is 1. The van der Waals surface area contributed by atoms with Crippen LogP contribution in [0.15, 0.2) is 28.7 Å². The summed E-state index contributed by atoms with van der Waals surface area (Å²) in [6, 6.07) is 4.12. The maximum Gasteiger partial charge on any atom is 0.435 e. The molecule has 1 aliphatic heterocycles. The van der Waals surface area contributed by atoms with Gasteiger partial charge in [-0.25, -0.2) is 0 Å². The second-order valence-corrected chi connectivity index (χ2v) is 6.93. The van der Waals surface area contributed by atoms with Crippen molar-refractivity contribution >= 4 is 46.3 Å². The molecule has 11 heteroatoms. The van der Waals surface area contributed by atoms with Crippen LogP contribution < -0.4 is 10.2 Å². The topological polar surface area (TPSA) is 48.7 Å². The molecule has 150 valence electrons. The van der Waals surface area contributed by atoms with Crippen molar-refractivity contribution in [3.63, 3.8) is 0 Å². The second kappa shape index (κ2) is 9.13. The fourth-order valence-electron chi connectivity index (χ4n) is 3.00. The molecule has 6 nitrogen and oxygen atoms in total. The Balaban J connectivity index is 0.00000261. The summed E-state index contributed by atoms with van der Waals surface area (Å²) in [5.41, 5.74) is -0.746. The van der Waals surface area contributed by atoms with E-state index in [9.17, 15) is 13.2 Å². The van der Waals surface area contributed by atoms with Crippen LogP contribution in [0.4, 0.5) is 18.2 Å². The van der Waals surface area contributed by atoms with Crippen LogP contribution in [-0.2, 0) is 19.8 Å². The van der Waals surface area contributed by atoms with Crippen molar-refractivity contribution in [1.82, 2.24) is 20.0 Å². The summed E-state index contributed by atoms with van der Waals surface area (Å²) in [6.07, 6.45) is -3.08. The highest BCUT2D eigenvalue weighted by molar-refractivity contribution is 14.0. The average molecular weight is 514 g/mol. The van der Waals surface area contributed by atoms with E-state index in [-0.39, 0.29) is 36.1 Å². The van der Waals surface area contributed by atoms with Gasteiger partial charge in [0, 0.05) is 58.6 Å². The number of halogens is 4. The first-order valence-corrected chi connectivity index (χ1v) is 9.10. The SMILES string of the molecule is CN=C(NCc1cn(C)nc1C(F)(F)F)N1CCN(c2cccs2)CC1.I. The van der Waals surface area contributed by atoms with Gasteiger partial charge >= 0.3 is 6.18 Å². The maximum absolute atomic E-state index is 13.1. The van der Waals surface area contributed by atoms with Crippen LogP contribution in [0, 0.1) is 0 Å². The van der Waals surface area contributed by atoms with Crippen LogP contribution >= 0.6 is 35.3 Å². The maximum atomic E-state index is 13.1. The molecule has 27 heavy (non-hydrogen) atoms. The van der Waals surface area contributed by atoms with E-state index in [1.54, 1.807) is 18.4 Å². The van der Waals surface area contributed by atoms with Gasteiger partial charge in [0.2, 0.25) is 0 Å². The van der Waals surface area contributed by atoms with Gasteiger partial charge in [0.1, 0.15) is 0 Å². The van der Waals surface area contributed by atoms with Crippen LogP contribution in [0.1, 0.15) is 11.3 Å². The van der Waals surface area contributed by atoms with E-state index in [4.69, 9.17) is 0 Å². The fourth-order valence-corrected chi connectivity index (χ4v) is 3.79. The van der Waals surface area contributed by atoms with E-state index in [1.165, 1.54) is 22.9 Å². The molecule has 1 aliphatic rings. The minimum Gasteiger partial charge on any atom is -0.360 e. The number of hydrogen-bond acceptors (Lipinski definition) is 4. The summed E-state index contributed by atoms with van der Waals surface area (Å²) < 4.78 is 40.3. The highest BCUT2D eigenvalue weighted by Gasteiger charge is 2.36. The van der Waals surface area contributed by atoms with Crippen molar-refractivity contribution in [3.8, 4) is 0 Å². The number of hydrogen-bond donors (Lipinski definition) is 1. The number of aromatic nitrogens is 2. The minimum absolute atomic E-state index is 0. The van der Waals surface area contributed by atoms with Gasteiger partial charge in [0.05, 0.1) is 5.00 Å². The molecular formula is C16H22F3IN6S. The molecule has 0 radical (unpaired) electrons. The number of rotatable bonds is 3. The Morgan fingerprint density at radius 1 is 1.30 bits per heavy atom. The van der Waals surface area contributed by atoms with E-state index >= 15 is 0 Å². The Morgan fingerprint density at radius 3 is 2.56 bits per heavy atom. The first-order chi connectivity index (χ1) is 12.4. The zero-order valence-corrected chi connectivity index (χ0v) is 18.2. The van der Waals surface area contributed by atoms with Gasteiger partial charge in [-0.2, -0.15) is 18.3 Å². The Morgan fingerprint density at radius 2 is 2.00 bits per heavy atom. The average Bonchev–Trinajstić information content (AvgIpc) is 3.25. The van der Waals surface area contributed by atoms with Crippen molar-refractivity contribution in [2.24, 2.45) is 12.0 Å². The molecule has 0 amide bonds. The summed E-state index contributed by atoms with van der Waals surface area (Å²) in [6.45, 7) is 3.25. The van der Waals surface area contributed by atoms with Crippen molar-refractivity contribution < 1.29 is 13.2 Å². The van der Waals surface area contributed by atoms with Crippen molar-refractivity contribution in [2.45, 2.75) is 12.7 Å². The number of thiophene rings is 1. The summed E-state index contributed by atoms with van der Waals surface area (Å²) in [5, 5.41) is 9.85. The van der Waals surface area contributed by atoms with Gasteiger partial charge in [-0.05, 0) is 17.5 Å². The number of alkyl halides is 3. The third-order valence-corrected chi connectivity index (χ3v) is 5.15. The van der Waals surface area contributed by atoms with Gasteiger partial charge in [0.15, 0.2) is 11.7 Å². The molecule has 3 rings (SSSR count). The smallest absolute Gasteiger partial charge is 0.360 e. The number of piperazine rings is 1. The van der Waals surface area contributed by atoms with Crippen LogP contribution in [0.2, 0.25) is 0 Å².